The quantitative estimate of drug-likeness (QED) is 0.611. The van der Waals surface area contributed by atoms with Crippen molar-refractivity contribution in [3.8, 4) is 5.75 Å². The lowest BCUT2D eigenvalue weighted by molar-refractivity contribution is -0.125. The van der Waals surface area contributed by atoms with Crippen molar-refractivity contribution in [2.75, 3.05) is 6.54 Å². The highest BCUT2D eigenvalue weighted by atomic mass is 16.5. The summed E-state index contributed by atoms with van der Waals surface area (Å²) in [5.74, 6) is 1.31. The molecule has 1 aromatic heterocycles. The zero-order chi connectivity index (χ0) is 19.2. The minimum Gasteiger partial charge on any atom is -0.489 e. The molecule has 0 unspecified atom stereocenters. The maximum absolute atomic E-state index is 12.3. The van der Waals surface area contributed by atoms with Gasteiger partial charge in [-0.1, -0.05) is 49.6 Å². The van der Waals surface area contributed by atoms with Crippen LogP contribution in [0.4, 0.5) is 0 Å². The Morgan fingerprint density at radius 1 is 1.07 bits per heavy atom. The first-order valence-corrected chi connectivity index (χ1v) is 10.3. The summed E-state index contributed by atoms with van der Waals surface area (Å²) in [4.78, 5) is 15.6. The molecule has 0 radical (unpaired) electrons. The van der Waals surface area contributed by atoms with Crippen LogP contribution in [0.5, 0.6) is 5.75 Å². The second kappa shape index (κ2) is 8.96. The Balaban J connectivity index is 1.32. The van der Waals surface area contributed by atoms with Crippen LogP contribution in [0.3, 0.4) is 0 Å². The van der Waals surface area contributed by atoms with Crippen molar-refractivity contribution in [1.82, 2.24) is 10.3 Å². The number of H-pyrrole nitrogens is 1. The molecule has 0 bridgehead atoms. The number of fused-ring (bicyclic) bond motifs is 1. The first kappa shape index (κ1) is 18.6. The Kier molecular flexibility index (Phi) is 5.95. The molecule has 4 rings (SSSR count). The normalized spacial score (nSPS) is 14.9. The first-order chi connectivity index (χ1) is 13.8. The van der Waals surface area contributed by atoms with Crippen LogP contribution in [0.25, 0.3) is 10.9 Å². The molecule has 1 aliphatic carbocycles. The van der Waals surface area contributed by atoms with Gasteiger partial charge in [-0.2, -0.15) is 0 Å². The van der Waals surface area contributed by atoms with Crippen molar-refractivity contribution >= 4 is 16.8 Å². The molecule has 2 aromatic carbocycles. The van der Waals surface area contributed by atoms with E-state index in [-0.39, 0.29) is 11.8 Å². The molecule has 3 aromatic rings. The van der Waals surface area contributed by atoms with Gasteiger partial charge in [-0.25, -0.2) is 0 Å². The fourth-order valence-corrected chi connectivity index (χ4v) is 4.03. The van der Waals surface area contributed by atoms with Gasteiger partial charge in [-0.05, 0) is 42.5 Å². The van der Waals surface area contributed by atoms with Crippen LogP contribution in [0.2, 0.25) is 0 Å². The summed E-state index contributed by atoms with van der Waals surface area (Å²) >= 11 is 0. The molecule has 0 aliphatic heterocycles. The number of aromatic nitrogens is 1. The van der Waals surface area contributed by atoms with E-state index in [1.54, 1.807) is 0 Å². The Labute approximate surface area is 166 Å². The van der Waals surface area contributed by atoms with Gasteiger partial charge in [0.15, 0.2) is 0 Å². The van der Waals surface area contributed by atoms with Crippen molar-refractivity contribution < 1.29 is 9.53 Å². The van der Waals surface area contributed by atoms with E-state index < -0.39 is 0 Å². The van der Waals surface area contributed by atoms with E-state index in [0.717, 1.165) is 36.1 Å². The zero-order valence-corrected chi connectivity index (χ0v) is 16.2. The highest BCUT2D eigenvalue weighted by Crippen LogP contribution is 2.25. The van der Waals surface area contributed by atoms with Crippen LogP contribution in [-0.4, -0.2) is 17.4 Å². The Bertz CT molecular complexity index is 911. The van der Waals surface area contributed by atoms with Crippen molar-refractivity contribution in [1.29, 1.82) is 0 Å². The molecule has 1 heterocycles. The van der Waals surface area contributed by atoms with Crippen molar-refractivity contribution in [3.63, 3.8) is 0 Å². The largest absolute Gasteiger partial charge is 0.489 e. The van der Waals surface area contributed by atoms with E-state index in [1.165, 1.54) is 30.2 Å². The molecule has 1 fully saturated rings. The van der Waals surface area contributed by atoms with Gasteiger partial charge in [-0.3, -0.25) is 4.79 Å². The lowest BCUT2D eigenvalue weighted by Gasteiger charge is -2.20. The fourth-order valence-electron chi connectivity index (χ4n) is 4.03. The summed E-state index contributed by atoms with van der Waals surface area (Å²) in [6.07, 6.45) is 8.62. The number of hydrogen-bond donors (Lipinski definition) is 2. The Morgan fingerprint density at radius 3 is 2.71 bits per heavy atom. The summed E-state index contributed by atoms with van der Waals surface area (Å²) in [6, 6.07) is 16.3. The molecule has 0 saturated heterocycles. The Hall–Kier alpha value is -2.75. The van der Waals surface area contributed by atoms with Crippen LogP contribution in [0.1, 0.15) is 43.2 Å². The monoisotopic (exact) mass is 376 g/mol. The highest BCUT2D eigenvalue weighted by Gasteiger charge is 2.20. The van der Waals surface area contributed by atoms with E-state index >= 15 is 0 Å². The molecular formula is C24H28N2O2. The van der Waals surface area contributed by atoms with Gasteiger partial charge in [0.25, 0.3) is 0 Å². The number of rotatable bonds is 7. The number of aromatic amines is 1. The predicted octanol–water partition coefficient (Wildman–Crippen LogP) is 4.99. The minimum absolute atomic E-state index is 0.223. The highest BCUT2D eigenvalue weighted by molar-refractivity contribution is 5.84. The van der Waals surface area contributed by atoms with Gasteiger partial charge in [0, 0.05) is 35.6 Å². The SMILES string of the molecule is O=C(NCCc1c[nH]c2cc(OCc3ccccc3)ccc12)C1CCCCC1. The third kappa shape index (κ3) is 4.56. The molecule has 4 heteroatoms. The molecular weight excluding hydrogens is 348 g/mol. The van der Waals surface area contributed by atoms with Crippen LogP contribution in [0.15, 0.2) is 54.7 Å². The predicted molar refractivity (Wildman–Crippen MR) is 112 cm³/mol. The van der Waals surface area contributed by atoms with Gasteiger partial charge in [0.05, 0.1) is 0 Å². The van der Waals surface area contributed by atoms with Crippen LogP contribution >= 0.6 is 0 Å². The number of hydrogen-bond acceptors (Lipinski definition) is 2. The molecule has 1 amide bonds. The van der Waals surface area contributed by atoms with E-state index in [0.29, 0.717) is 13.2 Å². The summed E-state index contributed by atoms with van der Waals surface area (Å²) in [5, 5.41) is 4.32. The smallest absolute Gasteiger partial charge is 0.223 e. The topological polar surface area (TPSA) is 54.1 Å². The third-order valence-electron chi connectivity index (χ3n) is 5.66. The number of carbonyl (C=O) groups is 1. The van der Waals surface area contributed by atoms with Crippen molar-refractivity contribution in [3.05, 3.63) is 65.9 Å². The fraction of sp³-hybridized carbons (Fsp3) is 0.375. The lowest BCUT2D eigenvalue weighted by Crippen LogP contribution is -2.33. The van der Waals surface area contributed by atoms with E-state index in [9.17, 15) is 4.79 Å². The minimum atomic E-state index is 0.223. The number of amides is 1. The van der Waals surface area contributed by atoms with Crippen molar-refractivity contribution in [2.24, 2.45) is 5.92 Å². The Morgan fingerprint density at radius 2 is 1.89 bits per heavy atom. The van der Waals surface area contributed by atoms with Gasteiger partial charge < -0.3 is 15.0 Å². The zero-order valence-electron chi connectivity index (χ0n) is 16.2. The first-order valence-electron chi connectivity index (χ1n) is 10.3. The average molecular weight is 377 g/mol. The van der Waals surface area contributed by atoms with Crippen LogP contribution in [-0.2, 0) is 17.8 Å². The summed E-state index contributed by atoms with van der Waals surface area (Å²) < 4.78 is 5.91. The molecule has 1 aliphatic rings. The maximum Gasteiger partial charge on any atom is 0.223 e. The lowest BCUT2D eigenvalue weighted by atomic mass is 9.88. The molecule has 146 valence electrons. The van der Waals surface area contributed by atoms with Gasteiger partial charge >= 0.3 is 0 Å². The molecule has 28 heavy (non-hydrogen) atoms. The second-order valence-electron chi connectivity index (χ2n) is 7.67. The van der Waals surface area contributed by atoms with E-state index in [2.05, 4.69) is 28.5 Å². The van der Waals surface area contributed by atoms with Crippen molar-refractivity contribution in [2.45, 2.75) is 45.1 Å². The second-order valence-corrected chi connectivity index (χ2v) is 7.67. The summed E-state index contributed by atoms with van der Waals surface area (Å²) in [6.45, 7) is 1.25. The number of nitrogens with one attached hydrogen (secondary N) is 2. The van der Waals surface area contributed by atoms with Crippen LogP contribution in [0, 0.1) is 5.92 Å². The number of ether oxygens (including phenoxy) is 1. The van der Waals surface area contributed by atoms with E-state index in [1.807, 2.05) is 36.5 Å². The van der Waals surface area contributed by atoms with E-state index in [4.69, 9.17) is 4.74 Å². The molecule has 4 nitrogen and oxygen atoms in total. The summed E-state index contributed by atoms with van der Waals surface area (Å²) in [5.41, 5.74) is 3.45. The van der Waals surface area contributed by atoms with Gasteiger partial charge in [0.1, 0.15) is 12.4 Å². The number of carbonyl (C=O) groups excluding carboxylic acids is 1. The third-order valence-corrected chi connectivity index (χ3v) is 5.66. The van der Waals surface area contributed by atoms with Gasteiger partial charge in [-0.15, -0.1) is 0 Å². The molecule has 1 saturated carbocycles. The van der Waals surface area contributed by atoms with Crippen LogP contribution < -0.4 is 10.1 Å². The standard InChI is InChI=1S/C24H28N2O2/c27-24(19-9-5-2-6-10-19)25-14-13-20-16-26-23-15-21(11-12-22(20)23)28-17-18-7-3-1-4-8-18/h1,3-4,7-8,11-12,15-16,19,26H,2,5-6,9-10,13-14,17H2,(H,25,27). The molecule has 2 N–H and O–H groups in total. The average Bonchev–Trinajstić information content (AvgIpc) is 3.16. The molecule has 0 atom stereocenters. The maximum atomic E-state index is 12.3. The number of benzene rings is 2. The van der Waals surface area contributed by atoms with Gasteiger partial charge in [0.2, 0.25) is 5.91 Å². The molecule has 0 spiro atoms. The summed E-state index contributed by atoms with van der Waals surface area (Å²) in [7, 11) is 0.